The van der Waals surface area contributed by atoms with Crippen LogP contribution in [0.1, 0.15) is 89.1 Å². The Morgan fingerprint density at radius 2 is 1.83 bits per heavy atom. The molecule has 6 rings (SSSR count). The molecule has 0 bridgehead atoms. The number of anilines is 2. The highest BCUT2D eigenvalue weighted by Gasteiger charge is 2.33. The van der Waals surface area contributed by atoms with E-state index in [1.807, 2.05) is 0 Å². The zero-order valence-corrected chi connectivity index (χ0v) is 24.2. The third kappa shape index (κ3) is 5.74. The molecule has 1 aliphatic heterocycles. The van der Waals surface area contributed by atoms with Crippen molar-refractivity contribution in [3.8, 4) is 0 Å². The van der Waals surface area contributed by atoms with E-state index >= 15 is 0 Å². The highest BCUT2D eigenvalue weighted by Crippen LogP contribution is 2.40. The van der Waals surface area contributed by atoms with Gasteiger partial charge in [-0.05, 0) is 68.8 Å². The van der Waals surface area contributed by atoms with Crippen LogP contribution < -0.4 is 16.0 Å². The topological polar surface area (TPSA) is 135 Å². The molecular weight excluding hydrogens is 516 g/mol. The van der Waals surface area contributed by atoms with Crippen molar-refractivity contribution in [1.29, 1.82) is 0 Å². The lowest BCUT2D eigenvalue weighted by Gasteiger charge is -2.33. The minimum absolute atomic E-state index is 0.0898. The van der Waals surface area contributed by atoms with E-state index in [2.05, 4.69) is 64.0 Å². The number of nitrogens with one attached hydrogen (secondary N) is 1. The SMILES string of the molecule is CC1CCC(Cn2c(N3CCCC3c3ccccc3)nc3nc(C(N)=NC(=O)O)nc(NC(C)C4CCC4)c32)CC1. The summed E-state index contributed by atoms with van der Waals surface area (Å²) in [6, 6.07) is 11.1. The van der Waals surface area contributed by atoms with Gasteiger partial charge in [0, 0.05) is 19.1 Å². The van der Waals surface area contributed by atoms with Crippen molar-refractivity contribution in [3.63, 3.8) is 0 Å². The maximum Gasteiger partial charge on any atom is 0.433 e. The Balaban J connectivity index is 1.49. The first-order chi connectivity index (χ1) is 19.9. The van der Waals surface area contributed by atoms with Gasteiger partial charge in [-0.25, -0.2) is 14.8 Å². The summed E-state index contributed by atoms with van der Waals surface area (Å²) in [4.78, 5) is 31.9. The Kier molecular flexibility index (Phi) is 7.81. The van der Waals surface area contributed by atoms with Crippen LogP contribution in [0.15, 0.2) is 35.3 Å². The maximum absolute atomic E-state index is 11.3. The molecule has 1 saturated heterocycles. The van der Waals surface area contributed by atoms with Gasteiger partial charge in [0.15, 0.2) is 23.1 Å². The second-order valence-electron chi connectivity index (χ2n) is 12.4. The summed E-state index contributed by atoms with van der Waals surface area (Å²) in [5.74, 6) is 3.33. The van der Waals surface area contributed by atoms with E-state index in [1.54, 1.807) is 0 Å². The lowest BCUT2D eigenvalue weighted by atomic mass is 9.80. The molecule has 2 atom stereocenters. The van der Waals surface area contributed by atoms with Gasteiger partial charge in [-0.3, -0.25) is 0 Å². The molecule has 2 aliphatic carbocycles. The van der Waals surface area contributed by atoms with E-state index in [1.165, 1.54) is 50.5 Å². The fourth-order valence-electron chi connectivity index (χ4n) is 6.86. The molecule has 10 heteroatoms. The predicted octanol–water partition coefficient (Wildman–Crippen LogP) is 5.98. The van der Waals surface area contributed by atoms with Crippen LogP contribution in [0.4, 0.5) is 16.6 Å². The molecule has 2 aromatic heterocycles. The highest BCUT2D eigenvalue weighted by atomic mass is 16.4. The molecule has 1 aromatic carbocycles. The van der Waals surface area contributed by atoms with Crippen LogP contribution in [-0.4, -0.2) is 49.1 Å². The van der Waals surface area contributed by atoms with Crippen LogP contribution in [0.3, 0.4) is 0 Å². The first-order valence-corrected chi connectivity index (χ1v) is 15.3. The normalized spacial score (nSPS) is 24.4. The van der Waals surface area contributed by atoms with E-state index < -0.39 is 6.09 Å². The molecular formula is C31H42N8O2. The van der Waals surface area contributed by atoms with Crippen molar-refractivity contribution >= 4 is 34.9 Å². The van der Waals surface area contributed by atoms with E-state index in [0.717, 1.165) is 43.3 Å². The number of amides is 1. The average Bonchev–Trinajstić information content (AvgIpc) is 3.54. The van der Waals surface area contributed by atoms with E-state index in [9.17, 15) is 9.90 Å². The van der Waals surface area contributed by atoms with Crippen molar-refractivity contribution in [1.82, 2.24) is 19.5 Å². The zero-order valence-electron chi connectivity index (χ0n) is 24.2. The third-order valence-electron chi connectivity index (χ3n) is 9.52. The number of hydrogen-bond donors (Lipinski definition) is 3. The van der Waals surface area contributed by atoms with Gasteiger partial charge in [-0.2, -0.15) is 9.98 Å². The first kappa shape index (κ1) is 27.5. The number of carboxylic acid groups (broad SMARTS) is 1. The number of rotatable bonds is 8. The fraction of sp³-hybridized carbons (Fsp3) is 0.581. The van der Waals surface area contributed by atoms with Gasteiger partial charge in [0.05, 0.1) is 6.04 Å². The second kappa shape index (κ2) is 11.7. The molecule has 1 amide bonds. The number of nitrogens with two attached hydrogens (primary N) is 1. The van der Waals surface area contributed by atoms with Crippen LogP contribution in [0, 0.1) is 17.8 Å². The molecule has 2 saturated carbocycles. The van der Waals surface area contributed by atoms with Crippen LogP contribution in [0.25, 0.3) is 11.2 Å². The summed E-state index contributed by atoms with van der Waals surface area (Å²) in [5.41, 5.74) is 8.77. The van der Waals surface area contributed by atoms with E-state index in [0.29, 0.717) is 23.3 Å². The molecule has 3 aliphatic rings. The Morgan fingerprint density at radius 3 is 2.51 bits per heavy atom. The summed E-state index contributed by atoms with van der Waals surface area (Å²) >= 11 is 0. The predicted molar refractivity (Wildman–Crippen MR) is 161 cm³/mol. The maximum atomic E-state index is 11.3. The van der Waals surface area contributed by atoms with Crippen LogP contribution in [0.2, 0.25) is 0 Å². The van der Waals surface area contributed by atoms with Crippen LogP contribution >= 0.6 is 0 Å². The van der Waals surface area contributed by atoms with Crippen molar-refractivity contribution in [2.45, 2.75) is 90.3 Å². The number of benzene rings is 1. The summed E-state index contributed by atoms with van der Waals surface area (Å²) in [7, 11) is 0. The number of aromatic nitrogens is 4. The molecule has 3 heterocycles. The Bertz CT molecular complexity index is 1410. The minimum Gasteiger partial charge on any atom is -0.463 e. The van der Waals surface area contributed by atoms with Gasteiger partial charge in [0.2, 0.25) is 5.95 Å². The van der Waals surface area contributed by atoms with Gasteiger partial charge >= 0.3 is 6.09 Å². The summed E-state index contributed by atoms with van der Waals surface area (Å²) in [5, 5.41) is 12.9. The molecule has 3 fully saturated rings. The lowest BCUT2D eigenvalue weighted by molar-refractivity contribution is 0.205. The molecule has 0 spiro atoms. The number of amidine groups is 1. The van der Waals surface area contributed by atoms with Crippen LogP contribution in [0.5, 0.6) is 0 Å². The smallest absolute Gasteiger partial charge is 0.433 e. The number of fused-ring (bicyclic) bond motifs is 1. The molecule has 41 heavy (non-hydrogen) atoms. The molecule has 0 radical (unpaired) electrons. The second-order valence-corrected chi connectivity index (χ2v) is 12.4. The standard InChI is InChI=1S/C31H42N8O2/c1-19-13-15-21(16-14-19)18-39-25-27(33-20(2)22-10-6-11-22)35-29(26(32)34-31(40)41)36-28(25)37-30(39)38-17-7-12-24(38)23-8-4-3-5-9-23/h3-5,8-9,19-22,24H,6-7,10-18H2,1-2H3,(H2,32,34)(H,40,41)(H,33,35,36). The first-order valence-electron chi connectivity index (χ1n) is 15.3. The van der Waals surface area contributed by atoms with Gasteiger partial charge in [-0.15, -0.1) is 0 Å². The van der Waals surface area contributed by atoms with Crippen LogP contribution in [-0.2, 0) is 6.54 Å². The van der Waals surface area contributed by atoms with Crippen molar-refractivity contribution in [2.75, 3.05) is 16.8 Å². The monoisotopic (exact) mass is 558 g/mol. The largest absolute Gasteiger partial charge is 0.463 e. The van der Waals surface area contributed by atoms with Gasteiger partial charge in [0.25, 0.3) is 0 Å². The minimum atomic E-state index is -1.37. The van der Waals surface area contributed by atoms with E-state index in [4.69, 9.17) is 20.7 Å². The van der Waals surface area contributed by atoms with Gasteiger partial charge in [0.1, 0.15) is 5.52 Å². The Labute approximate surface area is 241 Å². The summed E-state index contributed by atoms with van der Waals surface area (Å²) < 4.78 is 2.35. The molecule has 10 nitrogen and oxygen atoms in total. The van der Waals surface area contributed by atoms with Crippen molar-refractivity contribution in [2.24, 2.45) is 28.5 Å². The fourth-order valence-corrected chi connectivity index (χ4v) is 6.86. The molecule has 2 unspecified atom stereocenters. The van der Waals surface area contributed by atoms with Gasteiger partial charge < -0.3 is 25.6 Å². The molecule has 4 N–H and O–H groups in total. The summed E-state index contributed by atoms with van der Waals surface area (Å²) in [6.07, 6.45) is 9.29. The number of carbonyl (C=O) groups is 1. The lowest BCUT2D eigenvalue weighted by Crippen LogP contribution is -2.32. The van der Waals surface area contributed by atoms with Crippen molar-refractivity contribution in [3.05, 3.63) is 41.7 Å². The Morgan fingerprint density at radius 1 is 1.07 bits per heavy atom. The zero-order chi connectivity index (χ0) is 28.5. The quantitative estimate of drug-likeness (QED) is 0.227. The van der Waals surface area contributed by atoms with E-state index in [-0.39, 0.29) is 23.7 Å². The summed E-state index contributed by atoms with van der Waals surface area (Å²) in [6.45, 7) is 6.31. The van der Waals surface area contributed by atoms with Gasteiger partial charge in [-0.1, -0.05) is 56.5 Å². The number of aliphatic imine (C=N–C) groups is 1. The Hall–Kier alpha value is -3.69. The molecule has 218 valence electrons. The third-order valence-corrected chi connectivity index (χ3v) is 9.52. The number of imidazole rings is 1. The average molecular weight is 559 g/mol. The number of hydrogen-bond acceptors (Lipinski definition) is 6. The molecule has 3 aromatic rings. The highest BCUT2D eigenvalue weighted by molar-refractivity contribution is 6.01. The number of nitrogens with zero attached hydrogens (tertiary/aromatic N) is 6. The van der Waals surface area contributed by atoms with Crippen molar-refractivity contribution < 1.29 is 9.90 Å².